The van der Waals surface area contributed by atoms with Crippen LogP contribution in [-0.4, -0.2) is 23.1 Å². The molecule has 5 heteroatoms. The minimum absolute atomic E-state index is 0.0169. The predicted octanol–water partition coefficient (Wildman–Crippen LogP) is 3.39. The summed E-state index contributed by atoms with van der Waals surface area (Å²) in [7, 11) is 1.51. The average molecular weight is 322 g/mol. The van der Waals surface area contributed by atoms with Gasteiger partial charge < -0.3 is 15.1 Å². The number of methoxy groups -OCH3 is 1. The monoisotopic (exact) mass is 321 g/mol. The summed E-state index contributed by atoms with van der Waals surface area (Å²) >= 11 is 3.34. The van der Waals surface area contributed by atoms with Crippen LogP contribution < -0.4 is 4.74 Å². The molecule has 98 valence electrons. The Kier molecular flexibility index (Phi) is 4.06. The van der Waals surface area contributed by atoms with Crippen LogP contribution in [0.3, 0.4) is 0 Å². The van der Waals surface area contributed by atoms with Gasteiger partial charge in [-0.3, -0.25) is 0 Å². The van der Waals surface area contributed by atoms with Crippen molar-refractivity contribution in [3.8, 4) is 11.5 Å². The molecule has 0 amide bonds. The lowest BCUT2D eigenvalue weighted by molar-refractivity contribution is 0.319. The Balaban J connectivity index is 2.55. The van der Waals surface area contributed by atoms with Gasteiger partial charge in [-0.2, -0.15) is 0 Å². The molecule has 2 N–H and O–H groups in total. The van der Waals surface area contributed by atoms with Gasteiger partial charge in [-0.15, -0.1) is 0 Å². The summed E-state index contributed by atoms with van der Waals surface area (Å²) in [4.78, 5) is 0. The molecule has 2 rings (SSSR count). The summed E-state index contributed by atoms with van der Waals surface area (Å²) in [6, 6.07) is 12.2. The number of phenols is 1. The molecule has 0 aliphatic rings. The van der Waals surface area contributed by atoms with Crippen molar-refractivity contribution in [3.63, 3.8) is 0 Å². The first-order valence-corrected chi connectivity index (χ1v) is 6.31. The third-order valence-electron chi connectivity index (χ3n) is 2.67. The van der Waals surface area contributed by atoms with Crippen molar-refractivity contribution in [2.24, 2.45) is 5.16 Å². The zero-order chi connectivity index (χ0) is 13.8. The molecule has 19 heavy (non-hydrogen) atoms. The van der Waals surface area contributed by atoms with Gasteiger partial charge in [0.25, 0.3) is 0 Å². The zero-order valence-corrected chi connectivity index (χ0v) is 11.8. The van der Waals surface area contributed by atoms with Crippen molar-refractivity contribution in [3.05, 3.63) is 58.1 Å². The molecule has 0 radical (unpaired) electrons. The van der Waals surface area contributed by atoms with Crippen LogP contribution in [0, 0.1) is 0 Å². The van der Waals surface area contributed by atoms with E-state index in [0.29, 0.717) is 27.1 Å². The molecule has 0 saturated heterocycles. The number of hydrogen-bond acceptors (Lipinski definition) is 4. The number of halogens is 1. The number of nitrogens with zero attached hydrogens (tertiary/aromatic N) is 1. The zero-order valence-electron chi connectivity index (χ0n) is 10.2. The smallest absolute Gasteiger partial charge is 0.136 e. The SMILES string of the molecule is COc1cc(O)c(/C(=N/O)c2ccccc2)cc1Br. The number of oxime groups is 1. The highest BCUT2D eigenvalue weighted by atomic mass is 79.9. The molecule has 2 aromatic rings. The number of benzene rings is 2. The first-order valence-electron chi connectivity index (χ1n) is 5.51. The Morgan fingerprint density at radius 2 is 1.89 bits per heavy atom. The van der Waals surface area contributed by atoms with Gasteiger partial charge in [0, 0.05) is 17.2 Å². The molecule has 0 fully saturated rings. The number of rotatable bonds is 3. The van der Waals surface area contributed by atoms with Crippen LogP contribution in [0.15, 0.2) is 52.1 Å². The minimum atomic E-state index is -0.0169. The van der Waals surface area contributed by atoms with Crippen molar-refractivity contribution < 1.29 is 15.1 Å². The Bertz CT molecular complexity index is 612. The molecule has 0 unspecified atom stereocenters. The van der Waals surface area contributed by atoms with Crippen molar-refractivity contribution in [2.45, 2.75) is 0 Å². The van der Waals surface area contributed by atoms with E-state index in [9.17, 15) is 10.3 Å². The third-order valence-corrected chi connectivity index (χ3v) is 3.29. The summed E-state index contributed by atoms with van der Waals surface area (Å²) in [6.45, 7) is 0. The van der Waals surface area contributed by atoms with Gasteiger partial charge in [0.15, 0.2) is 0 Å². The van der Waals surface area contributed by atoms with E-state index in [0.717, 1.165) is 0 Å². The van der Waals surface area contributed by atoms with Gasteiger partial charge in [0.2, 0.25) is 0 Å². The Labute approximate surface area is 119 Å². The maximum absolute atomic E-state index is 10.0. The highest BCUT2D eigenvalue weighted by Crippen LogP contribution is 2.33. The van der Waals surface area contributed by atoms with Gasteiger partial charge in [-0.1, -0.05) is 35.5 Å². The molecule has 0 aliphatic carbocycles. The molecular weight excluding hydrogens is 310 g/mol. The molecule has 0 atom stereocenters. The van der Waals surface area contributed by atoms with Crippen LogP contribution >= 0.6 is 15.9 Å². The number of hydrogen-bond donors (Lipinski definition) is 2. The molecule has 4 nitrogen and oxygen atoms in total. The molecular formula is C14H12BrNO3. The lowest BCUT2D eigenvalue weighted by Gasteiger charge is -2.10. The largest absolute Gasteiger partial charge is 0.507 e. The van der Waals surface area contributed by atoms with Crippen LogP contribution in [0.25, 0.3) is 0 Å². The summed E-state index contributed by atoms with van der Waals surface area (Å²) < 4.78 is 5.76. The van der Waals surface area contributed by atoms with Crippen LogP contribution in [0.5, 0.6) is 11.5 Å². The fraction of sp³-hybridized carbons (Fsp3) is 0.0714. The van der Waals surface area contributed by atoms with Gasteiger partial charge in [0.1, 0.15) is 17.2 Å². The number of phenolic OH excluding ortho intramolecular Hbond substituents is 1. The Morgan fingerprint density at radius 1 is 1.21 bits per heavy atom. The van der Waals surface area contributed by atoms with E-state index < -0.39 is 0 Å². The lowest BCUT2D eigenvalue weighted by Crippen LogP contribution is -2.04. The van der Waals surface area contributed by atoms with Gasteiger partial charge in [-0.25, -0.2) is 0 Å². The second-order valence-electron chi connectivity index (χ2n) is 3.82. The Morgan fingerprint density at radius 3 is 2.47 bits per heavy atom. The minimum Gasteiger partial charge on any atom is -0.507 e. The van der Waals surface area contributed by atoms with Crippen molar-refractivity contribution in [1.82, 2.24) is 0 Å². The lowest BCUT2D eigenvalue weighted by atomic mass is 10.0. The highest BCUT2D eigenvalue weighted by molar-refractivity contribution is 9.10. The molecule has 0 aliphatic heterocycles. The normalized spacial score (nSPS) is 11.4. The quantitative estimate of drug-likeness (QED) is 0.517. The summed E-state index contributed by atoms with van der Waals surface area (Å²) in [5.41, 5.74) is 1.42. The van der Waals surface area contributed by atoms with Crippen molar-refractivity contribution in [2.75, 3.05) is 7.11 Å². The van der Waals surface area contributed by atoms with E-state index in [1.54, 1.807) is 18.2 Å². The second kappa shape index (κ2) is 5.75. The molecule has 2 aromatic carbocycles. The molecule has 0 heterocycles. The fourth-order valence-corrected chi connectivity index (χ4v) is 2.26. The summed E-state index contributed by atoms with van der Waals surface area (Å²) in [6.07, 6.45) is 0. The van der Waals surface area contributed by atoms with E-state index in [4.69, 9.17) is 4.74 Å². The first-order chi connectivity index (χ1) is 9.17. The number of aromatic hydroxyl groups is 1. The average Bonchev–Trinajstić information content (AvgIpc) is 2.44. The van der Waals surface area contributed by atoms with Gasteiger partial charge in [0.05, 0.1) is 11.6 Å². The van der Waals surface area contributed by atoms with E-state index in [1.807, 2.05) is 18.2 Å². The molecule has 0 aromatic heterocycles. The van der Waals surface area contributed by atoms with Crippen LogP contribution in [-0.2, 0) is 0 Å². The highest BCUT2D eigenvalue weighted by Gasteiger charge is 2.15. The first kappa shape index (κ1) is 13.4. The van der Waals surface area contributed by atoms with Crippen molar-refractivity contribution in [1.29, 1.82) is 0 Å². The van der Waals surface area contributed by atoms with Crippen LogP contribution in [0.1, 0.15) is 11.1 Å². The van der Waals surface area contributed by atoms with Crippen molar-refractivity contribution >= 4 is 21.6 Å². The molecule has 0 bridgehead atoms. The molecule has 0 spiro atoms. The van der Waals surface area contributed by atoms with Gasteiger partial charge in [-0.05, 0) is 22.0 Å². The topological polar surface area (TPSA) is 62.0 Å². The van der Waals surface area contributed by atoms with E-state index in [-0.39, 0.29) is 5.75 Å². The third kappa shape index (κ3) is 2.71. The molecule has 0 saturated carbocycles. The van der Waals surface area contributed by atoms with E-state index in [2.05, 4.69) is 21.1 Å². The fourth-order valence-electron chi connectivity index (χ4n) is 1.75. The maximum atomic E-state index is 10.0. The van der Waals surface area contributed by atoms with Gasteiger partial charge >= 0.3 is 0 Å². The summed E-state index contributed by atoms with van der Waals surface area (Å²) in [5, 5.41) is 22.5. The predicted molar refractivity (Wildman–Crippen MR) is 76.2 cm³/mol. The van der Waals surface area contributed by atoms with Crippen LogP contribution in [0.4, 0.5) is 0 Å². The second-order valence-corrected chi connectivity index (χ2v) is 4.67. The summed E-state index contributed by atoms with van der Waals surface area (Å²) in [5.74, 6) is 0.489. The Hall–Kier alpha value is -2.01. The van der Waals surface area contributed by atoms with E-state index >= 15 is 0 Å². The van der Waals surface area contributed by atoms with Crippen LogP contribution in [0.2, 0.25) is 0 Å². The standard InChI is InChI=1S/C14H12BrNO3/c1-19-13-8-12(17)10(7-11(13)15)14(16-18)9-5-3-2-4-6-9/h2-8,17-18H,1H3/b16-14+. The number of ether oxygens (including phenoxy) is 1. The van der Waals surface area contributed by atoms with E-state index in [1.165, 1.54) is 13.2 Å². The maximum Gasteiger partial charge on any atom is 0.136 e.